The number of nitrogens with zero attached hydrogens (tertiary/aromatic N) is 2. The number of carbonyl (C=O) groups excluding carboxylic acids is 2. The molecule has 3 aromatic carbocycles. The van der Waals surface area contributed by atoms with Crippen LogP contribution in [0.1, 0.15) is 57.2 Å². The van der Waals surface area contributed by atoms with E-state index in [4.69, 9.17) is 4.74 Å². The standard InChI is InChI=1S/C33H43N3O5S/c1-7-25(5)34-33(38)30(9-3)35(22-26-13-12-15-28(21-26)41-6)32(37)23-36(31-16-11-10-14-27(31)8-2)42(39,40)29-19-17-24(4)18-20-29/h10-21,25,30H,7-9,22-23H2,1-6H3,(H,34,38)/t25-,30+/m1/s1. The van der Waals surface area contributed by atoms with Crippen molar-refractivity contribution in [1.82, 2.24) is 10.2 Å². The molecule has 0 aliphatic heterocycles. The summed E-state index contributed by atoms with van der Waals surface area (Å²) >= 11 is 0. The van der Waals surface area contributed by atoms with E-state index in [-0.39, 0.29) is 23.4 Å². The van der Waals surface area contributed by atoms with Gasteiger partial charge in [-0.2, -0.15) is 0 Å². The third-order valence-corrected chi connectivity index (χ3v) is 9.18. The molecule has 1 N–H and O–H groups in total. The molecule has 0 spiro atoms. The van der Waals surface area contributed by atoms with Crippen molar-refractivity contribution in [3.05, 3.63) is 89.5 Å². The minimum absolute atomic E-state index is 0.0739. The van der Waals surface area contributed by atoms with Crippen molar-refractivity contribution in [2.24, 2.45) is 0 Å². The number of benzene rings is 3. The Kier molecular flexibility index (Phi) is 11.6. The smallest absolute Gasteiger partial charge is 0.264 e. The largest absolute Gasteiger partial charge is 0.497 e. The molecular formula is C33H43N3O5S. The Morgan fingerprint density at radius 3 is 2.24 bits per heavy atom. The van der Waals surface area contributed by atoms with Crippen LogP contribution in [0.2, 0.25) is 0 Å². The fraction of sp³-hybridized carbons (Fsp3) is 0.394. The van der Waals surface area contributed by atoms with Crippen molar-refractivity contribution in [3.63, 3.8) is 0 Å². The molecular weight excluding hydrogens is 550 g/mol. The predicted octanol–water partition coefficient (Wildman–Crippen LogP) is 5.48. The van der Waals surface area contributed by atoms with E-state index in [2.05, 4.69) is 5.32 Å². The average Bonchev–Trinajstić information content (AvgIpc) is 2.99. The fourth-order valence-electron chi connectivity index (χ4n) is 4.73. The molecule has 226 valence electrons. The van der Waals surface area contributed by atoms with E-state index in [1.165, 1.54) is 9.21 Å². The lowest BCUT2D eigenvalue weighted by Gasteiger charge is -2.34. The molecule has 0 aliphatic rings. The number of ether oxygens (including phenoxy) is 1. The Morgan fingerprint density at radius 1 is 0.929 bits per heavy atom. The molecule has 3 rings (SSSR count). The van der Waals surface area contributed by atoms with Crippen LogP contribution in [0.4, 0.5) is 5.69 Å². The van der Waals surface area contributed by atoms with Crippen LogP contribution < -0.4 is 14.4 Å². The van der Waals surface area contributed by atoms with Crippen molar-refractivity contribution in [2.75, 3.05) is 18.0 Å². The van der Waals surface area contributed by atoms with Crippen molar-refractivity contribution in [3.8, 4) is 5.75 Å². The molecule has 0 radical (unpaired) electrons. The van der Waals surface area contributed by atoms with Gasteiger partial charge in [0.05, 0.1) is 17.7 Å². The summed E-state index contributed by atoms with van der Waals surface area (Å²) in [5.41, 5.74) is 2.92. The summed E-state index contributed by atoms with van der Waals surface area (Å²) in [6.07, 6.45) is 1.67. The molecule has 0 aromatic heterocycles. The number of anilines is 1. The van der Waals surface area contributed by atoms with Gasteiger partial charge in [0.25, 0.3) is 10.0 Å². The molecule has 8 nitrogen and oxygen atoms in total. The first-order valence-electron chi connectivity index (χ1n) is 14.5. The zero-order chi connectivity index (χ0) is 30.9. The van der Waals surface area contributed by atoms with Crippen LogP contribution >= 0.6 is 0 Å². The number of para-hydroxylation sites is 1. The van der Waals surface area contributed by atoms with E-state index in [0.717, 1.165) is 23.1 Å². The van der Waals surface area contributed by atoms with Gasteiger partial charge < -0.3 is 15.0 Å². The molecule has 0 aliphatic carbocycles. The van der Waals surface area contributed by atoms with Crippen LogP contribution in [0.25, 0.3) is 0 Å². The van der Waals surface area contributed by atoms with Crippen molar-refractivity contribution in [2.45, 2.75) is 77.4 Å². The lowest BCUT2D eigenvalue weighted by molar-refractivity contribution is -0.140. The van der Waals surface area contributed by atoms with Crippen molar-refractivity contribution >= 4 is 27.5 Å². The zero-order valence-corrected chi connectivity index (χ0v) is 26.3. The monoisotopic (exact) mass is 593 g/mol. The van der Waals surface area contributed by atoms with Crippen LogP contribution in [0.3, 0.4) is 0 Å². The third-order valence-electron chi connectivity index (χ3n) is 7.40. The summed E-state index contributed by atoms with van der Waals surface area (Å²) < 4.78 is 34.8. The highest BCUT2D eigenvalue weighted by atomic mass is 32.2. The van der Waals surface area contributed by atoms with E-state index in [0.29, 0.717) is 24.3 Å². The summed E-state index contributed by atoms with van der Waals surface area (Å²) in [4.78, 5) is 29.3. The molecule has 2 amide bonds. The second-order valence-electron chi connectivity index (χ2n) is 10.4. The van der Waals surface area contributed by atoms with Gasteiger partial charge in [-0.25, -0.2) is 8.42 Å². The van der Waals surface area contributed by atoms with E-state index < -0.39 is 28.5 Å². The Bertz CT molecular complexity index is 1460. The first-order valence-corrected chi connectivity index (χ1v) is 15.9. The maximum absolute atomic E-state index is 14.3. The molecule has 0 bridgehead atoms. The normalized spacial score (nSPS) is 12.7. The Hall–Kier alpha value is -3.85. The van der Waals surface area contributed by atoms with Gasteiger partial charge in [0, 0.05) is 12.6 Å². The minimum atomic E-state index is -4.13. The second-order valence-corrected chi connectivity index (χ2v) is 12.3. The number of carbonyl (C=O) groups is 2. The summed E-state index contributed by atoms with van der Waals surface area (Å²) in [7, 11) is -2.56. The number of hydrogen-bond acceptors (Lipinski definition) is 5. The average molecular weight is 594 g/mol. The van der Waals surface area contributed by atoms with E-state index in [1.807, 2.05) is 65.0 Å². The summed E-state index contributed by atoms with van der Waals surface area (Å²) in [6.45, 7) is 9.20. The lowest BCUT2D eigenvalue weighted by atomic mass is 10.1. The van der Waals surface area contributed by atoms with E-state index >= 15 is 0 Å². The van der Waals surface area contributed by atoms with Crippen molar-refractivity contribution < 1.29 is 22.7 Å². The second kappa shape index (κ2) is 14.9. The third kappa shape index (κ3) is 7.91. The Balaban J connectivity index is 2.11. The number of rotatable bonds is 14. The van der Waals surface area contributed by atoms with Crippen LogP contribution in [0, 0.1) is 6.92 Å². The predicted molar refractivity (Wildman–Crippen MR) is 167 cm³/mol. The topological polar surface area (TPSA) is 96.0 Å². The molecule has 9 heteroatoms. The van der Waals surface area contributed by atoms with Gasteiger partial charge in [-0.15, -0.1) is 0 Å². The van der Waals surface area contributed by atoms with Gasteiger partial charge in [0.1, 0.15) is 18.3 Å². The SMILES string of the molecule is CCc1ccccc1N(CC(=O)N(Cc1cccc(OC)c1)[C@@H](CC)C(=O)N[C@H](C)CC)S(=O)(=O)c1ccc(C)cc1. The van der Waals surface area contributed by atoms with Gasteiger partial charge in [0.15, 0.2) is 0 Å². The number of hydrogen-bond donors (Lipinski definition) is 1. The van der Waals surface area contributed by atoms with E-state index in [1.54, 1.807) is 49.6 Å². The molecule has 0 heterocycles. The number of aryl methyl sites for hydroxylation is 2. The number of methoxy groups -OCH3 is 1. The highest BCUT2D eigenvalue weighted by Gasteiger charge is 2.34. The van der Waals surface area contributed by atoms with Gasteiger partial charge in [-0.3, -0.25) is 13.9 Å². The molecule has 0 unspecified atom stereocenters. The minimum Gasteiger partial charge on any atom is -0.497 e. The zero-order valence-electron chi connectivity index (χ0n) is 25.5. The van der Waals surface area contributed by atoms with Crippen LogP contribution in [0.15, 0.2) is 77.7 Å². The maximum Gasteiger partial charge on any atom is 0.264 e. The van der Waals surface area contributed by atoms with Crippen LogP contribution in [-0.2, 0) is 32.6 Å². The molecule has 0 fully saturated rings. The maximum atomic E-state index is 14.3. The molecule has 42 heavy (non-hydrogen) atoms. The first kappa shape index (κ1) is 32.7. The quantitative estimate of drug-likeness (QED) is 0.267. The highest BCUT2D eigenvalue weighted by molar-refractivity contribution is 7.92. The summed E-state index contributed by atoms with van der Waals surface area (Å²) in [5, 5.41) is 3.00. The highest BCUT2D eigenvalue weighted by Crippen LogP contribution is 2.29. The summed E-state index contributed by atoms with van der Waals surface area (Å²) in [5.74, 6) is -0.131. The van der Waals surface area contributed by atoms with Crippen LogP contribution in [-0.4, -0.2) is 50.9 Å². The van der Waals surface area contributed by atoms with Gasteiger partial charge in [-0.05, 0) is 74.6 Å². The lowest BCUT2D eigenvalue weighted by Crippen LogP contribution is -2.53. The summed E-state index contributed by atoms with van der Waals surface area (Å²) in [6, 6.07) is 20.2. The van der Waals surface area contributed by atoms with E-state index in [9.17, 15) is 18.0 Å². The number of amides is 2. The molecule has 2 atom stereocenters. The number of sulfonamides is 1. The first-order chi connectivity index (χ1) is 20.0. The van der Waals surface area contributed by atoms with Crippen LogP contribution in [0.5, 0.6) is 5.75 Å². The molecule has 3 aromatic rings. The Labute approximate surface area is 250 Å². The van der Waals surface area contributed by atoms with Gasteiger partial charge in [0.2, 0.25) is 11.8 Å². The van der Waals surface area contributed by atoms with Gasteiger partial charge in [-0.1, -0.05) is 68.8 Å². The molecule has 0 saturated heterocycles. The number of nitrogens with one attached hydrogen (secondary N) is 1. The van der Waals surface area contributed by atoms with Crippen molar-refractivity contribution in [1.29, 1.82) is 0 Å². The molecule has 0 saturated carbocycles. The van der Waals surface area contributed by atoms with Gasteiger partial charge >= 0.3 is 0 Å². The fourth-order valence-corrected chi connectivity index (χ4v) is 6.18. The Morgan fingerprint density at radius 2 is 1.62 bits per heavy atom.